The Labute approximate surface area is 172 Å². The first-order valence-corrected chi connectivity index (χ1v) is 10.5. The minimum absolute atomic E-state index is 0.0548. The summed E-state index contributed by atoms with van der Waals surface area (Å²) < 4.78 is 14.8. The van der Waals surface area contributed by atoms with Crippen molar-refractivity contribution in [3.05, 3.63) is 35.7 Å². The van der Waals surface area contributed by atoms with Gasteiger partial charge in [0.1, 0.15) is 5.82 Å². The molecule has 7 heteroatoms. The number of carbonyl (C=O) groups excluding carboxylic acids is 1. The molecule has 0 aliphatic heterocycles. The molecule has 1 fully saturated rings. The van der Waals surface area contributed by atoms with Crippen molar-refractivity contribution in [1.29, 1.82) is 0 Å². The van der Waals surface area contributed by atoms with E-state index in [0.717, 1.165) is 44.6 Å². The fourth-order valence-electron chi connectivity index (χ4n) is 3.58. The summed E-state index contributed by atoms with van der Waals surface area (Å²) in [5, 5.41) is 17.9. The maximum Gasteiger partial charge on any atom is 0.328 e. The van der Waals surface area contributed by atoms with E-state index in [4.69, 9.17) is 5.11 Å². The monoisotopic (exact) mass is 405 g/mol. The summed E-state index contributed by atoms with van der Waals surface area (Å²) in [6, 6.07) is 3.36. The molecule has 1 aliphatic carbocycles. The zero-order valence-corrected chi connectivity index (χ0v) is 17.3. The number of rotatable bonds is 10. The van der Waals surface area contributed by atoms with Gasteiger partial charge in [0.2, 0.25) is 0 Å². The first-order valence-electron chi connectivity index (χ1n) is 10.5. The van der Waals surface area contributed by atoms with Crippen LogP contribution in [0.1, 0.15) is 69.2 Å². The zero-order chi connectivity index (χ0) is 21.2. The second-order valence-electron chi connectivity index (χ2n) is 7.47. The van der Waals surface area contributed by atoms with E-state index >= 15 is 0 Å². The zero-order valence-electron chi connectivity index (χ0n) is 17.3. The molecule has 0 heterocycles. The van der Waals surface area contributed by atoms with Gasteiger partial charge in [0, 0.05) is 30.4 Å². The van der Waals surface area contributed by atoms with Gasteiger partial charge < -0.3 is 21.1 Å². The molecule has 0 spiro atoms. The van der Waals surface area contributed by atoms with Crippen molar-refractivity contribution in [2.75, 3.05) is 17.2 Å². The molecule has 29 heavy (non-hydrogen) atoms. The van der Waals surface area contributed by atoms with Crippen molar-refractivity contribution >= 4 is 23.3 Å². The summed E-state index contributed by atoms with van der Waals surface area (Å²) in [7, 11) is 0. The summed E-state index contributed by atoms with van der Waals surface area (Å²) in [4.78, 5) is 23.1. The number of carbonyl (C=O) groups is 2. The maximum absolute atomic E-state index is 14.8. The molecule has 1 aliphatic rings. The first-order chi connectivity index (χ1) is 13.9. The topological polar surface area (TPSA) is 90.5 Å². The summed E-state index contributed by atoms with van der Waals surface area (Å²) in [5.74, 6) is -1.99. The summed E-state index contributed by atoms with van der Waals surface area (Å²) >= 11 is 0. The Kier molecular flexibility index (Phi) is 8.96. The number of aliphatic carboxylic acids is 1. The Bertz CT molecular complexity index is 726. The molecule has 1 amide bonds. The van der Waals surface area contributed by atoms with E-state index in [9.17, 15) is 14.0 Å². The lowest BCUT2D eigenvalue weighted by molar-refractivity contribution is -0.131. The van der Waals surface area contributed by atoms with E-state index in [1.807, 2.05) is 0 Å². The SMILES string of the molecule is CCC(CC)Nc1cc(NC2CCCCC2)c(F)cc1C(=O)NC/C=C/C(=O)O. The number of hydrogen-bond donors (Lipinski definition) is 4. The second-order valence-corrected chi connectivity index (χ2v) is 7.47. The van der Waals surface area contributed by atoms with E-state index in [2.05, 4.69) is 29.8 Å². The van der Waals surface area contributed by atoms with Gasteiger partial charge in [0.05, 0.1) is 11.3 Å². The van der Waals surface area contributed by atoms with Crippen LogP contribution in [-0.4, -0.2) is 35.6 Å². The Hall–Kier alpha value is -2.57. The number of carboxylic acid groups (broad SMARTS) is 1. The summed E-state index contributed by atoms with van der Waals surface area (Å²) in [6.07, 6.45) is 9.59. The lowest BCUT2D eigenvalue weighted by Crippen LogP contribution is -2.27. The average molecular weight is 406 g/mol. The number of halogens is 1. The molecule has 4 N–H and O–H groups in total. The summed E-state index contributed by atoms with van der Waals surface area (Å²) in [6.45, 7) is 4.17. The molecule has 6 nitrogen and oxygen atoms in total. The first kappa shape index (κ1) is 22.7. The second kappa shape index (κ2) is 11.4. The lowest BCUT2D eigenvalue weighted by atomic mass is 9.95. The normalized spacial score (nSPS) is 14.9. The minimum Gasteiger partial charge on any atom is -0.478 e. The molecule has 0 unspecified atom stereocenters. The fraction of sp³-hybridized carbons (Fsp3) is 0.545. The number of nitrogens with one attached hydrogen (secondary N) is 3. The van der Waals surface area contributed by atoms with E-state index in [1.165, 1.54) is 18.6 Å². The average Bonchev–Trinajstić information content (AvgIpc) is 2.71. The number of carboxylic acids is 1. The maximum atomic E-state index is 14.8. The van der Waals surface area contributed by atoms with Gasteiger partial charge in [0.25, 0.3) is 5.91 Å². The van der Waals surface area contributed by atoms with Gasteiger partial charge in [-0.15, -0.1) is 0 Å². The van der Waals surface area contributed by atoms with Gasteiger partial charge in [0.15, 0.2) is 0 Å². The molecule has 160 valence electrons. The highest BCUT2D eigenvalue weighted by atomic mass is 19.1. The van der Waals surface area contributed by atoms with Gasteiger partial charge in [-0.2, -0.15) is 0 Å². The molecule has 0 bridgehead atoms. The van der Waals surface area contributed by atoms with Gasteiger partial charge >= 0.3 is 5.97 Å². The lowest BCUT2D eigenvalue weighted by Gasteiger charge is -2.25. The van der Waals surface area contributed by atoms with Gasteiger partial charge in [-0.3, -0.25) is 4.79 Å². The van der Waals surface area contributed by atoms with Crippen LogP contribution in [0, 0.1) is 5.82 Å². The minimum atomic E-state index is -1.08. The molecule has 0 atom stereocenters. The van der Waals surface area contributed by atoms with Crippen LogP contribution in [0.5, 0.6) is 0 Å². The van der Waals surface area contributed by atoms with Crippen LogP contribution in [-0.2, 0) is 4.79 Å². The van der Waals surface area contributed by atoms with Gasteiger partial charge in [-0.25, -0.2) is 9.18 Å². The third kappa shape index (κ3) is 7.07. The molecule has 1 aromatic rings. The number of amides is 1. The van der Waals surface area contributed by atoms with Crippen LogP contribution in [0.4, 0.5) is 15.8 Å². The highest BCUT2D eigenvalue weighted by Gasteiger charge is 2.20. The third-order valence-corrected chi connectivity index (χ3v) is 5.30. The quantitative estimate of drug-likeness (QED) is 0.429. The molecular weight excluding hydrogens is 373 g/mol. The Morgan fingerprint density at radius 2 is 1.86 bits per heavy atom. The van der Waals surface area contributed by atoms with Crippen LogP contribution in [0.25, 0.3) is 0 Å². The van der Waals surface area contributed by atoms with E-state index in [1.54, 1.807) is 6.07 Å². The predicted molar refractivity (Wildman–Crippen MR) is 114 cm³/mol. The van der Waals surface area contributed by atoms with Gasteiger partial charge in [-0.05, 0) is 37.8 Å². The smallest absolute Gasteiger partial charge is 0.328 e. The molecule has 2 rings (SSSR count). The van der Waals surface area contributed by atoms with E-state index < -0.39 is 17.7 Å². The van der Waals surface area contributed by atoms with Crippen LogP contribution in [0.2, 0.25) is 0 Å². The standard InChI is InChI=1S/C22H32FN3O3/c1-3-15(4-2)25-19-14-20(26-16-9-6-5-7-10-16)18(23)13-17(19)22(29)24-12-8-11-21(27)28/h8,11,13-16,25-26H,3-7,9-10,12H2,1-2H3,(H,24,29)(H,27,28)/b11-8+. The van der Waals surface area contributed by atoms with Crippen molar-refractivity contribution < 1.29 is 19.1 Å². The van der Waals surface area contributed by atoms with Gasteiger partial charge in [-0.1, -0.05) is 39.2 Å². The third-order valence-electron chi connectivity index (χ3n) is 5.30. The molecular formula is C22H32FN3O3. The largest absolute Gasteiger partial charge is 0.478 e. The van der Waals surface area contributed by atoms with Crippen LogP contribution >= 0.6 is 0 Å². The molecule has 1 saturated carbocycles. The van der Waals surface area contributed by atoms with Crippen molar-refractivity contribution in [2.45, 2.75) is 70.9 Å². The molecule has 0 saturated heterocycles. The van der Waals surface area contributed by atoms with Crippen LogP contribution in [0.15, 0.2) is 24.3 Å². The van der Waals surface area contributed by atoms with Crippen molar-refractivity contribution in [2.24, 2.45) is 0 Å². The number of hydrogen-bond acceptors (Lipinski definition) is 4. The highest BCUT2D eigenvalue weighted by Crippen LogP contribution is 2.29. The Morgan fingerprint density at radius 1 is 1.17 bits per heavy atom. The highest BCUT2D eigenvalue weighted by molar-refractivity contribution is 6.00. The fourth-order valence-corrected chi connectivity index (χ4v) is 3.58. The van der Waals surface area contributed by atoms with Crippen molar-refractivity contribution in [3.8, 4) is 0 Å². The molecule has 1 aromatic carbocycles. The van der Waals surface area contributed by atoms with E-state index in [-0.39, 0.29) is 24.2 Å². The summed E-state index contributed by atoms with van der Waals surface area (Å²) in [5.41, 5.74) is 1.21. The number of benzene rings is 1. The predicted octanol–water partition coefficient (Wildman–Crippen LogP) is 4.54. The number of anilines is 2. The van der Waals surface area contributed by atoms with Crippen molar-refractivity contribution in [1.82, 2.24) is 5.32 Å². The van der Waals surface area contributed by atoms with Crippen LogP contribution < -0.4 is 16.0 Å². The van der Waals surface area contributed by atoms with Crippen LogP contribution in [0.3, 0.4) is 0 Å². The molecule has 0 aromatic heterocycles. The van der Waals surface area contributed by atoms with E-state index in [0.29, 0.717) is 11.4 Å². The van der Waals surface area contributed by atoms with Crippen molar-refractivity contribution in [3.63, 3.8) is 0 Å². The molecule has 0 radical (unpaired) electrons. The Morgan fingerprint density at radius 3 is 2.48 bits per heavy atom. The Balaban J connectivity index is 2.23.